The minimum absolute atomic E-state index is 0.0979. The van der Waals surface area contributed by atoms with Crippen molar-refractivity contribution in [3.05, 3.63) is 42.0 Å². The lowest BCUT2D eigenvalue weighted by atomic mass is 9.82. The van der Waals surface area contributed by atoms with Crippen LogP contribution in [0.1, 0.15) is 24.8 Å². The van der Waals surface area contributed by atoms with Crippen LogP contribution in [0.25, 0.3) is 10.8 Å². The molecule has 1 fully saturated rings. The summed E-state index contributed by atoms with van der Waals surface area (Å²) in [6, 6.07) is 13.0. The molecule has 0 amide bonds. The maximum Gasteiger partial charge on any atom is 0.123 e. The standard InChI is InChI=1S/C17H19NO/c1-2-4-14-13(3-1)5-6-16-15(14)7-8-17(19-16)9-11-18-12-10-17/h1-6,18H,7-12H2. The Balaban J connectivity index is 1.77. The van der Waals surface area contributed by atoms with E-state index in [1.807, 2.05) is 0 Å². The Labute approximate surface area is 113 Å². The number of aryl methyl sites for hydroxylation is 1. The molecule has 0 aromatic heterocycles. The average molecular weight is 253 g/mol. The fourth-order valence-electron chi connectivity index (χ4n) is 3.54. The molecule has 0 atom stereocenters. The van der Waals surface area contributed by atoms with Gasteiger partial charge in [-0.05, 0) is 55.6 Å². The number of piperidine rings is 1. The van der Waals surface area contributed by atoms with Crippen molar-refractivity contribution in [1.29, 1.82) is 0 Å². The molecule has 2 heterocycles. The smallest absolute Gasteiger partial charge is 0.123 e. The van der Waals surface area contributed by atoms with Gasteiger partial charge in [-0.3, -0.25) is 0 Å². The van der Waals surface area contributed by atoms with Crippen LogP contribution >= 0.6 is 0 Å². The van der Waals surface area contributed by atoms with E-state index in [1.54, 1.807) is 0 Å². The SMILES string of the molecule is c1ccc2c3c(ccc2c1)OC1(CCNCC1)CC3. The van der Waals surface area contributed by atoms with Gasteiger partial charge in [0.05, 0.1) is 0 Å². The Hall–Kier alpha value is -1.54. The molecule has 1 saturated heterocycles. The molecule has 2 aliphatic rings. The molecule has 0 bridgehead atoms. The van der Waals surface area contributed by atoms with E-state index < -0.39 is 0 Å². The molecule has 2 aromatic carbocycles. The van der Waals surface area contributed by atoms with Crippen LogP contribution in [0.2, 0.25) is 0 Å². The van der Waals surface area contributed by atoms with Crippen LogP contribution in [0, 0.1) is 0 Å². The predicted octanol–water partition coefficient (Wildman–Crippen LogP) is 3.29. The summed E-state index contributed by atoms with van der Waals surface area (Å²) in [5.41, 5.74) is 1.50. The maximum atomic E-state index is 6.43. The van der Waals surface area contributed by atoms with Gasteiger partial charge in [-0.25, -0.2) is 0 Å². The normalized spacial score (nSPS) is 21.1. The van der Waals surface area contributed by atoms with Crippen LogP contribution in [0.4, 0.5) is 0 Å². The van der Waals surface area contributed by atoms with Crippen molar-refractivity contribution in [2.24, 2.45) is 0 Å². The number of nitrogens with one attached hydrogen (secondary N) is 1. The second-order valence-electron chi connectivity index (χ2n) is 5.80. The van der Waals surface area contributed by atoms with Gasteiger partial charge in [0, 0.05) is 5.56 Å². The van der Waals surface area contributed by atoms with Crippen LogP contribution in [0.3, 0.4) is 0 Å². The van der Waals surface area contributed by atoms with Gasteiger partial charge >= 0.3 is 0 Å². The molecule has 2 heteroatoms. The molecular formula is C17H19NO. The van der Waals surface area contributed by atoms with E-state index in [0.717, 1.165) is 44.5 Å². The van der Waals surface area contributed by atoms with Crippen molar-refractivity contribution in [3.8, 4) is 5.75 Å². The highest BCUT2D eigenvalue weighted by molar-refractivity contribution is 5.88. The predicted molar refractivity (Wildman–Crippen MR) is 77.7 cm³/mol. The lowest BCUT2D eigenvalue weighted by molar-refractivity contribution is 0.0174. The molecule has 19 heavy (non-hydrogen) atoms. The highest BCUT2D eigenvalue weighted by atomic mass is 16.5. The van der Waals surface area contributed by atoms with Gasteiger partial charge in [0.25, 0.3) is 0 Å². The molecule has 1 spiro atoms. The van der Waals surface area contributed by atoms with Gasteiger partial charge in [0.1, 0.15) is 11.4 Å². The molecule has 0 saturated carbocycles. The molecule has 0 aliphatic carbocycles. The van der Waals surface area contributed by atoms with Crippen molar-refractivity contribution in [1.82, 2.24) is 5.32 Å². The minimum atomic E-state index is 0.0979. The zero-order valence-corrected chi connectivity index (χ0v) is 11.1. The second-order valence-corrected chi connectivity index (χ2v) is 5.80. The molecule has 2 aliphatic heterocycles. The van der Waals surface area contributed by atoms with Crippen molar-refractivity contribution in [2.75, 3.05) is 13.1 Å². The Morgan fingerprint density at radius 3 is 2.68 bits per heavy atom. The van der Waals surface area contributed by atoms with E-state index in [-0.39, 0.29) is 5.60 Å². The summed E-state index contributed by atoms with van der Waals surface area (Å²) in [7, 11) is 0. The first-order valence-electron chi connectivity index (χ1n) is 7.27. The minimum Gasteiger partial charge on any atom is -0.487 e. The lowest BCUT2D eigenvalue weighted by Gasteiger charge is -2.42. The summed E-state index contributed by atoms with van der Waals surface area (Å²) >= 11 is 0. The van der Waals surface area contributed by atoms with Crippen molar-refractivity contribution in [2.45, 2.75) is 31.3 Å². The zero-order chi connectivity index (χ0) is 12.7. The average Bonchev–Trinajstić information content (AvgIpc) is 2.47. The molecule has 2 aromatic rings. The van der Waals surface area contributed by atoms with E-state index in [1.165, 1.54) is 16.3 Å². The second kappa shape index (κ2) is 4.24. The number of benzene rings is 2. The Morgan fingerprint density at radius 2 is 1.79 bits per heavy atom. The first-order chi connectivity index (χ1) is 9.36. The zero-order valence-electron chi connectivity index (χ0n) is 11.1. The number of hydrogen-bond acceptors (Lipinski definition) is 2. The fraction of sp³-hybridized carbons (Fsp3) is 0.412. The first kappa shape index (κ1) is 11.3. The molecular weight excluding hydrogens is 234 g/mol. The van der Waals surface area contributed by atoms with Gasteiger partial charge in [-0.15, -0.1) is 0 Å². The van der Waals surface area contributed by atoms with E-state index in [0.29, 0.717) is 0 Å². The third-order valence-corrected chi connectivity index (χ3v) is 4.67. The van der Waals surface area contributed by atoms with E-state index in [2.05, 4.69) is 41.7 Å². The Bertz CT molecular complexity index is 614. The maximum absolute atomic E-state index is 6.43. The van der Waals surface area contributed by atoms with Crippen LogP contribution in [0.5, 0.6) is 5.75 Å². The van der Waals surface area contributed by atoms with Crippen LogP contribution in [0.15, 0.2) is 36.4 Å². The summed E-state index contributed by atoms with van der Waals surface area (Å²) in [5.74, 6) is 1.12. The van der Waals surface area contributed by atoms with Gasteiger partial charge < -0.3 is 10.1 Å². The van der Waals surface area contributed by atoms with Crippen LogP contribution in [-0.4, -0.2) is 18.7 Å². The largest absolute Gasteiger partial charge is 0.487 e. The quantitative estimate of drug-likeness (QED) is 0.778. The summed E-state index contributed by atoms with van der Waals surface area (Å²) in [6.45, 7) is 2.17. The highest BCUT2D eigenvalue weighted by Gasteiger charge is 2.37. The summed E-state index contributed by atoms with van der Waals surface area (Å²) in [5, 5.41) is 6.12. The van der Waals surface area contributed by atoms with Gasteiger partial charge in [-0.2, -0.15) is 0 Å². The van der Waals surface area contributed by atoms with E-state index in [4.69, 9.17) is 4.74 Å². The molecule has 4 rings (SSSR count). The highest BCUT2D eigenvalue weighted by Crippen LogP contribution is 2.40. The topological polar surface area (TPSA) is 21.3 Å². The molecule has 2 nitrogen and oxygen atoms in total. The van der Waals surface area contributed by atoms with Gasteiger partial charge in [0.15, 0.2) is 0 Å². The fourth-order valence-corrected chi connectivity index (χ4v) is 3.54. The molecule has 0 radical (unpaired) electrons. The number of hydrogen-bond donors (Lipinski definition) is 1. The van der Waals surface area contributed by atoms with Crippen molar-refractivity contribution >= 4 is 10.8 Å². The molecule has 1 N–H and O–H groups in total. The lowest BCUT2D eigenvalue weighted by Crippen LogP contribution is -2.48. The van der Waals surface area contributed by atoms with Crippen molar-refractivity contribution in [3.63, 3.8) is 0 Å². The number of ether oxygens (including phenoxy) is 1. The summed E-state index contributed by atoms with van der Waals surface area (Å²) in [4.78, 5) is 0. The monoisotopic (exact) mass is 253 g/mol. The third kappa shape index (κ3) is 1.82. The van der Waals surface area contributed by atoms with Gasteiger partial charge in [-0.1, -0.05) is 30.3 Å². The molecule has 98 valence electrons. The van der Waals surface area contributed by atoms with Gasteiger partial charge in [0.2, 0.25) is 0 Å². The number of fused-ring (bicyclic) bond motifs is 3. The van der Waals surface area contributed by atoms with E-state index in [9.17, 15) is 0 Å². The molecule has 0 unspecified atom stereocenters. The summed E-state index contributed by atoms with van der Waals surface area (Å²) in [6.07, 6.45) is 4.59. The summed E-state index contributed by atoms with van der Waals surface area (Å²) < 4.78 is 6.43. The Kier molecular flexibility index (Phi) is 2.52. The number of rotatable bonds is 0. The third-order valence-electron chi connectivity index (χ3n) is 4.67. The van der Waals surface area contributed by atoms with Crippen LogP contribution < -0.4 is 10.1 Å². The first-order valence-corrected chi connectivity index (χ1v) is 7.27. The Morgan fingerprint density at radius 1 is 0.947 bits per heavy atom. The van der Waals surface area contributed by atoms with Crippen molar-refractivity contribution < 1.29 is 4.74 Å². The van der Waals surface area contributed by atoms with E-state index >= 15 is 0 Å². The van der Waals surface area contributed by atoms with Crippen LogP contribution in [-0.2, 0) is 6.42 Å².